The standard InChI is InChI=1S/C21H28N2O5/c1-3-22(17-12-13-23-19(25)21(17,23)20(26)27)14-16(18(24)28-4-2)11-10-15-8-6-5-7-9-15/h5-9,16-17H,3-4,10-14H2,1-2H3,(H,26,27)/t16?,17?,21-,23?/m1/s1. The summed E-state index contributed by atoms with van der Waals surface area (Å²) in [5.74, 6) is -2.03. The number of hydrogen-bond donors (Lipinski definition) is 1. The van der Waals surface area contributed by atoms with Crippen LogP contribution in [-0.4, -0.2) is 70.6 Å². The zero-order valence-corrected chi connectivity index (χ0v) is 16.5. The van der Waals surface area contributed by atoms with Crippen LogP contribution in [0.4, 0.5) is 0 Å². The minimum atomic E-state index is -1.42. The van der Waals surface area contributed by atoms with Gasteiger partial charge in [0.05, 0.1) is 18.6 Å². The molecule has 0 radical (unpaired) electrons. The van der Waals surface area contributed by atoms with Gasteiger partial charge in [-0.2, -0.15) is 0 Å². The summed E-state index contributed by atoms with van der Waals surface area (Å²) >= 11 is 0. The number of carboxylic acid groups (broad SMARTS) is 1. The minimum absolute atomic E-state index is 0.266. The topological polar surface area (TPSA) is 86.9 Å². The number of carboxylic acids is 1. The fraction of sp³-hybridized carbons (Fsp3) is 0.571. The summed E-state index contributed by atoms with van der Waals surface area (Å²) in [4.78, 5) is 40.0. The van der Waals surface area contributed by atoms with Crippen LogP contribution in [0.5, 0.6) is 0 Å². The van der Waals surface area contributed by atoms with Crippen molar-refractivity contribution in [2.75, 3.05) is 26.2 Å². The van der Waals surface area contributed by atoms with E-state index in [1.165, 1.54) is 4.90 Å². The predicted octanol–water partition coefficient (Wildman–Crippen LogP) is 1.56. The molecule has 0 bridgehead atoms. The first-order valence-corrected chi connectivity index (χ1v) is 9.96. The summed E-state index contributed by atoms with van der Waals surface area (Å²) in [5.41, 5.74) is -0.277. The summed E-state index contributed by atoms with van der Waals surface area (Å²) in [5, 5.41) is 9.70. The molecule has 2 unspecified atom stereocenters. The summed E-state index contributed by atoms with van der Waals surface area (Å²) in [6.07, 6.45) is 1.96. The quantitative estimate of drug-likeness (QED) is 0.372. The molecule has 0 aromatic heterocycles. The molecule has 0 spiro atoms. The molecule has 3 rings (SSSR count). The van der Waals surface area contributed by atoms with Crippen LogP contribution in [0, 0.1) is 5.92 Å². The van der Waals surface area contributed by atoms with Gasteiger partial charge >= 0.3 is 11.9 Å². The second-order valence-electron chi connectivity index (χ2n) is 7.39. The normalized spacial score (nSPS) is 24.2. The smallest absolute Gasteiger partial charge is 0.341 e. The molecular formula is C21H28N2O5. The van der Waals surface area contributed by atoms with Gasteiger partial charge in [-0.15, -0.1) is 0 Å². The Hall–Kier alpha value is -2.41. The lowest BCUT2D eigenvalue weighted by molar-refractivity contribution is -0.149. The number of esters is 1. The van der Waals surface area contributed by atoms with Crippen molar-refractivity contribution in [1.29, 1.82) is 0 Å². The van der Waals surface area contributed by atoms with Crippen LogP contribution in [0.2, 0.25) is 0 Å². The van der Waals surface area contributed by atoms with Crippen LogP contribution < -0.4 is 0 Å². The summed E-state index contributed by atoms with van der Waals surface area (Å²) < 4.78 is 5.27. The van der Waals surface area contributed by atoms with Crippen LogP contribution >= 0.6 is 0 Å². The Labute approximate surface area is 165 Å². The van der Waals surface area contributed by atoms with Crippen molar-refractivity contribution in [3.05, 3.63) is 35.9 Å². The van der Waals surface area contributed by atoms with Gasteiger partial charge in [-0.1, -0.05) is 37.3 Å². The third-order valence-corrected chi connectivity index (χ3v) is 5.93. The van der Waals surface area contributed by atoms with Crippen LogP contribution in [0.15, 0.2) is 30.3 Å². The molecule has 2 aliphatic heterocycles. The van der Waals surface area contributed by atoms with Crippen LogP contribution in [-0.2, 0) is 25.5 Å². The fourth-order valence-corrected chi connectivity index (χ4v) is 4.43. The van der Waals surface area contributed by atoms with E-state index in [0.29, 0.717) is 39.1 Å². The van der Waals surface area contributed by atoms with Crippen LogP contribution in [0.25, 0.3) is 0 Å². The molecule has 2 heterocycles. The zero-order chi connectivity index (χ0) is 20.3. The maximum absolute atomic E-state index is 12.6. The summed E-state index contributed by atoms with van der Waals surface area (Å²) in [6, 6.07) is 9.53. The average molecular weight is 388 g/mol. The maximum atomic E-state index is 12.6. The van der Waals surface area contributed by atoms with Crippen molar-refractivity contribution in [3.8, 4) is 0 Å². The van der Waals surface area contributed by atoms with E-state index in [1.807, 2.05) is 42.2 Å². The number of hydrogen-bond acceptors (Lipinski definition) is 5. The number of carbonyl (C=O) groups is 3. The third-order valence-electron chi connectivity index (χ3n) is 5.93. The van der Waals surface area contributed by atoms with Crippen molar-refractivity contribution in [3.63, 3.8) is 0 Å². The van der Waals surface area contributed by atoms with Gasteiger partial charge in [0.15, 0.2) is 0 Å². The Morgan fingerprint density at radius 1 is 1.32 bits per heavy atom. The van der Waals surface area contributed by atoms with E-state index in [2.05, 4.69) is 0 Å². The molecule has 28 heavy (non-hydrogen) atoms. The number of ether oxygens (including phenoxy) is 1. The number of benzene rings is 1. The van der Waals surface area contributed by atoms with E-state index >= 15 is 0 Å². The lowest BCUT2D eigenvalue weighted by atomic mass is 9.93. The average Bonchev–Trinajstić information content (AvgIpc) is 3.08. The monoisotopic (exact) mass is 388 g/mol. The van der Waals surface area contributed by atoms with Crippen molar-refractivity contribution in [2.24, 2.45) is 5.92 Å². The lowest BCUT2D eigenvalue weighted by Gasteiger charge is -2.32. The van der Waals surface area contributed by atoms with Gasteiger partial charge in [0.2, 0.25) is 5.54 Å². The van der Waals surface area contributed by atoms with Gasteiger partial charge in [0, 0.05) is 13.1 Å². The Morgan fingerprint density at radius 3 is 2.61 bits per heavy atom. The Kier molecular flexibility index (Phi) is 6.03. The number of fused-ring (bicyclic) bond motifs is 1. The molecule has 7 nitrogen and oxygen atoms in total. The van der Waals surface area contributed by atoms with Crippen molar-refractivity contribution in [2.45, 2.75) is 44.7 Å². The van der Waals surface area contributed by atoms with E-state index in [9.17, 15) is 19.5 Å². The number of carbonyl (C=O) groups excluding carboxylic acids is 2. The number of nitrogens with zero attached hydrogens (tertiary/aromatic N) is 2. The molecule has 1 N–H and O–H groups in total. The highest BCUT2D eigenvalue weighted by molar-refractivity contribution is 6.21. The minimum Gasteiger partial charge on any atom is -0.479 e. The first-order chi connectivity index (χ1) is 13.5. The van der Waals surface area contributed by atoms with Crippen molar-refractivity contribution in [1.82, 2.24) is 9.80 Å². The SMILES string of the molecule is CCOC(=O)C(CCc1ccccc1)CN(CC)C1CCN2C(=O)[C@@]12C(=O)O. The number of aliphatic carboxylic acids is 1. The number of amides is 1. The second kappa shape index (κ2) is 8.31. The molecule has 2 aliphatic rings. The van der Waals surface area contributed by atoms with Gasteiger partial charge in [-0.05, 0) is 38.3 Å². The number of piperidine rings is 1. The molecule has 2 fully saturated rings. The Morgan fingerprint density at radius 2 is 2.04 bits per heavy atom. The van der Waals surface area contributed by atoms with E-state index in [-0.39, 0.29) is 17.8 Å². The first kappa shape index (κ1) is 20.3. The highest BCUT2D eigenvalue weighted by Gasteiger charge is 2.77. The maximum Gasteiger partial charge on any atom is 0.341 e. The highest BCUT2D eigenvalue weighted by atomic mass is 16.5. The fourth-order valence-electron chi connectivity index (χ4n) is 4.43. The molecule has 1 aromatic carbocycles. The van der Waals surface area contributed by atoms with Crippen molar-refractivity contribution >= 4 is 17.8 Å². The van der Waals surface area contributed by atoms with Gasteiger partial charge in [0.25, 0.3) is 5.91 Å². The van der Waals surface area contributed by atoms with Gasteiger partial charge < -0.3 is 14.7 Å². The molecular weight excluding hydrogens is 360 g/mol. The molecule has 1 aromatic rings. The van der Waals surface area contributed by atoms with Crippen LogP contribution in [0.3, 0.4) is 0 Å². The Balaban J connectivity index is 1.73. The number of likely N-dealkylation sites (N-methyl/N-ethyl adjacent to an activating group) is 1. The van der Waals surface area contributed by atoms with Crippen molar-refractivity contribution < 1.29 is 24.2 Å². The van der Waals surface area contributed by atoms with E-state index < -0.39 is 17.6 Å². The number of aryl methyl sites for hydroxylation is 1. The van der Waals surface area contributed by atoms with Gasteiger partial charge in [-0.3, -0.25) is 14.5 Å². The molecule has 7 heteroatoms. The molecule has 3 atom stereocenters. The summed E-state index contributed by atoms with van der Waals surface area (Å²) in [6.45, 7) is 5.44. The lowest BCUT2D eigenvalue weighted by Crippen LogP contribution is -2.51. The molecule has 2 saturated heterocycles. The van der Waals surface area contributed by atoms with E-state index in [1.54, 1.807) is 6.92 Å². The van der Waals surface area contributed by atoms with E-state index in [0.717, 1.165) is 12.0 Å². The summed E-state index contributed by atoms with van der Waals surface area (Å²) in [7, 11) is 0. The largest absolute Gasteiger partial charge is 0.479 e. The second-order valence-corrected chi connectivity index (χ2v) is 7.39. The molecule has 1 amide bonds. The predicted molar refractivity (Wildman–Crippen MR) is 103 cm³/mol. The molecule has 152 valence electrons. The van der Waals surface area contributed by atoms with Crippen LogP contribution in [0.1, 0.15) is 32.3 Å². The molecule has 0 aliphatic carbocycles. The third kappa shape index (κ3) is 3.51. The molecule has 0 saturated carbocycles. The van der Waals surface area contributed by atoms with Gasteiger partial charge in [-0.25, -0.2) is 4.79 Å². The highest BCUT2D eigenvalue weighted by Crippen LogP contribution is 2.47. The first-order valence-electron chi connectivity index (χ1n) is 9.96. The number of rotatable bonds is 10. The van der Waals surface area contributed by atoms with E-state index in [4.69, 9.17) is 4.74 Å². The Bertz CT molecular complexity index is 728. The zero-order valence-electron chi connectivity index (χ0n) is 16.5. The van der Waals surface area contributed by atoms with Gasteiger partial charge in [0.1, 0.15) is 0 Å².